The second kappa shape index (κ2) is 7.66. The van der Waals surface area contributed by atoms with E-state index in [0.29, 0.717) is 17.9 Å². The lowest BCUT2D eigenvalue weighted by atomic mass is 9.95. The van der Waals surface area contributed by atoms with Crippen molar-refractivity contribution >= 4 is 23.3 Å². The maximum absolute atomic E-state index is 12.6. The minimum atomic E-state index is -0.102. The van der Waals surface area contributed by atoms with Gasteiger partial charge in [0.05, 0.1) is 11.4 Å². The lowest BCUT2D eigenvalue weighted by Gasteiger charge is -2.20. The van der Waals surface area contributed by atoms with Gasteiger partial charge in [-0.05, 0) is 50.3 Å². The van der Waals surface area contributed by atoms with Crippen LogP contribution >= 0.6 is 0 Å². The number of nitrogens with one attached hydrogen (secondary N) is 2. The van der Waals surface area contributed by atoms with Gasteiger partial charge >= 0.3 is 6.03 Å². The molecule has 2 atom stereocenters. The van der Waals surface area contributed by atoms with Gasteiger partial charge in [-0.25, -0.2) is 4.79 Å². The van der Waals surface area contributed by atoms with E-state index in [1.807, 2.05) is 24.3 Å². The standard InChI is InChI=1S/C18H26N4O2/c19-12-13-6-5-7-14(13)17(23)20-15-8-1-2-9-16(15)21-18(24)22-10-3-4-11-22/h1-2,8-9,13-14H,3-7,10-12,19H2,(H,20,23)(H,21,24)/t13-,14-/m1/s1. The summed E-state index contributed by atoms with van der Waals surface area (Å²) >= 11 is 0. The van der Waals surface area contributed by atoms with Crippen molar-refractivity contribution in [2.24, 2.45) is 17.6 Å². The first kappa shape index (κ1) is 16.8. The highest BCUT2D eigenvalue weighted by Crippen LogP contribution is 2.32. The Labute approximate surface area is 142 Å². The zero-order valence-electron chi connectivity index (χ0n) is 14.0. The van der Waals surface area contributed by atoms with Crippen molar-refractivity contribution in [3.8, 4) is 0 Å². The number of anilines is 2. The molecule has 0 spiro atoms. The van der Waals surface area contributed by atoms with Crippen LogP contribution in [0.25, 0.3) is 0 Å². The maximum atomic E-state index is 12.6. The smallest absolute Gasteiger partial charge is 0.321 e. The first-order valence-electron chi connectivity index (χ1n) is 8.85. The fourth-order valence-electron chi connectivity index (χ4n) is 3.71. The molecule has 1 aromatic carbocycles. The first-order valence-corrected chi connectivity index (χ1v) is 8.85. The van der Waals surface area contributed by atoms with Gasteiger partial charge in [-0.1, -0.05) is 18.6 Å². The van der Waals surface area contributed by atoms with Gasteiger partial charge in [0.2, 0.25) is 5.91 Å². The molecule has 0 aromatic heterocycles. The van der Waals surface area contributed by atoms with Gasteiger partial charge in [-0.2, -0.15) is 0 Å². The normalized spacial score (nSPS) is 23.3. The molecule has 1 saturated heterocycles. The summed E-state index contributed by atoms with van der Waals surface area (Å²) in [5, 5.41) is 5.91. The number of hydrogen-bond donors (Lipinski definition) is 3. The molecule has 3 rings (SSSR count). The zero-order valence-corrected chi connectivity index (χ0v) is 14.0. The zero-order chi connectivity index (χ0) is 16.9. The van der Waals surface area contributed by atoms with Gasteiger partial charge in [0.1, 0.15) is 0 Å². The van der Waals surface area contributed by atoms with Gasteiger partial charge in [0.25, 0.3) is 0 Å². The molecule has 1 saturated carbocycles. The summed E-state index contributed by atoms with van der Waals surface area (Å²) in [5.41, 5.74) is 7.07. The number of rotatable bonds is 4. The van der Waals surface area contributed by atoms with Gasteiger partial charge in [0.15, 0.2) is 0 Å². The summed E-state index contributed by atoms with van der Waals surface area (Å²) in [7, 11) is 0. The molecule has 4 N–H and O–H groups in total. The molecule has 0 radical (unpaired) electrons. The van der Waals surface area contributed by atoms with Crippen LogP contribution in [0, 0.1) is 11.8 Å². The van der Waals surface area contributed by atoms with E-state index in [1.54, 1.807) is 4.90 Å². The number of hydrogen-bond acceptors (Lipinski definition) is 3. The average Bonchev–Trinajstić information content (AvgIpc) is 3.28. The molecular weight excluding hydrogens is 304 g/mol. The largest absolute Gasteiger partial charge is 0.330 e. The number of urea groups is 1. The number of carbonyl (C=O) groups excluding carboxylic acids is 2. The summed E-state index contributed by atoms with van der Waals surface area (Å²) < 4.78 is 0. The quantitative estimate of drug-likeness (QED) is 0.793. The van der Waals surface area contributed by atoms with E-state index in [9.17, 15) is 9.59 Å². The number of likely N-dealkylation sites (tertiary alicyclic amines) is 1. The molecule has 24 heavy (non-hydrogen) atoms. The Hall–Kier alpha value is -2.08. The molecule has 1 heterocycles. The summed E-state index contributed by atoms with van der Waals surface area (Å²) in [6.07, 6.45) is 5.05. The fourth-order valence-corrected chi connectivity index (χ4v) is 3.71. The maximum Gasteiger partial charge on any atom is 0.321 e. The van der Waals surface area contributed by atoms with Crippen LogP contribution in [0.4, 0.5) is 16.2 Å². The van der Waals surface area contributed by atoms with Crippen LogP contribution < -0.4 is 16.4 Å². The van der Waals surface area contributed by atoms with Crippen LogP contribution in [0.15, 0.2) is 24.3 Å². The Kier molecular flexibility index (Phi) is 5.35. The summed E-state index contributed by atoms with van der Waals surface area (Å²) in [6.45, 7) is 2.13. The molecule has 0 unspecified atom stereocenters. The van der Waals surface area contributed by atoms with Crippen molar-refractivity contribution in [3.63, 3.8) is 0 Å². The van der Waals surface area contributed by atoms with Crippen molar-refractivity contribution in [2.45, 2.75) is 32.1 Å². The van der Waals surface area contributed by atoms with Gasteiger partial charge in [0, 0.05) is 19.0 Å². The number of nitrogens with zero attached hydrogens (tertiary/aromatic N) is 1. The molecular formula is C18H26N4O2. The Morgan fingerprint density at radius 1 is 1.04 bits per heavy atom. The van der Waals surface area contributed by atoms with Crippen LogP contribution in [-0.4, -0.2) is 36.5 Å². The second-order valence-corrected chi connectivity index (χ2v) is 6.69. The topological polar surface area (TPSA) is 87.5 Å². The molecule has 3 amide bonds. The van der Waals surface area contributed by atoms with Crippen molar-refractivity contribution in [1.29, 1.82) is 0 Å². The van der Waals surface area contributed by atoms with Crippen LogP contribution in [0.5, 0.6) is 0 Å². The van der Waals surface area contributed by atoms with Crippen molar-refractivity contribution in [2.75, 3.05) is 30.3 Å². The van der Waals surface area contributed by atoms with E-state index >= 15 is 0 Å². The van der Waals surface area contributed by atoms with Crippen LogP contribution in [0.1, 0.15) is 32.1 Å². The fraction of sp³-hybridized carbons (Fsp3) is 0.556. The molecule has 2 aliphatic rings. The van der Waals surface area contributed by atoms with E-state index in [0.717, 1.165) is 45.2 Å². The number of benzene rings is 1. The van der Waals surface area contributed by atoms with Crippen LogP contribution in [-0.2, 0) is 4.79 Å². The first-order chi connectivity index (χ1) is 11.7. The summed E-state index contributed by atoms with van der Waals surface area (Å²) in [4.78, 5) is 26.7. The van der Waals surface area contributed by atoms with Gasteiger partial charge in [-0.15, -0.1) is 0 Å². The minimum Gasteiger partial charge on any atom is -0.330 e. The van der Waals surface area contributed by atoms with Crippen molar-refractivity contribution in [1.82, 2.24) is 4.90 Å². The monoisotopic (exact) mass is 330 g/mol. The third-order valence-corrected chi connectivity index (χ3v) is 5.12. The highest BCUT2D eigenvalue weighted by molar-refractivity contribution is 6.00. The van der Waals surface area contributed by atoms with E-state index in [4.69, 9.17) is 5.73 Å². The number of amides is 3. The molecule has 6 heteroatoms. The third-order valence-electron chi connectivity index (χ3n) is 5.12. The SMILES string of the molecule is NC[C@H]1CCC[C@H]1C(=O)Nc1ccccc1NC(=O)N1CCCC1. The second-order valence-electron chi connectivity index (χ2n) is 6.69. The van der Waals surface area contributed by atoms with Gasteiger partial charge < -0.3 is 21.3 Å². The average molecular weight is 330 g/mol. The summed E-state index contributed by atoms with van der Waals surface area (Å²) in [6, 6.07) is 7.25. The molecule has 2 fully saturated rings. The minimum absolute atomic E-state index is 0.00539. The van der Waals surface area contributed by atoms with E-state index in [2.05, 4.69) is 10.6 Å². The van der Waals surface area contributed by atoms with Crippen LogP contribution in [0.2, 0.25) is 0 Å². The van der Waals surface area contributed by atoms with Gasteiger partial charge in [-0.3, -0.25) is 4.79 Å². The third kappa shape index (κ3) is 3.70. The molecule has 130 valence electrons. The van der Waals surface area contributed by atoms with E-state index < -0.39 is 0 Å². The van der Waals surface area contributed by atoms with E-state index in [-0.39, 0.29) is 23.8 Å². The number of para-hydroxylation sites is 2. The number of nitrogens with two attached hydrogens (primary N) is 1. The lowest BCUT2D eigenvalue weighted by Crippen LogP contribution is -2.33. The summed E-state index contributed by atoms with van der Waals surface area (Å²) in [5.74, 6) is 0.236. The highest BCUT2D eigenvalue weighted by atomic mass is 16.2. The Morgan fingerprint density at radius 3 is 2.38 bits per heavy atom. The van der Waals surface area contributed by atoms with Crippen molar-refractivity contribution < 1.29 is 9.59 Å². The highest BCUT2D eigenvalue weighted by Gasteiger charge is 2.32. The predicted molar refractivity (Wildman–Crippen MR) is 94.8 cm³/mol. The number of carbonyl (C=O) groups is 2. The molecule has 6 nitrogen and oxygen atoms in total. The molecule has 0 bridgehead atoms. The lowest BCUT2D eigenvalue weighted by molar-refractivity contribution is -0.120. The molecule has 1 aromatic rings. The van der Waals surface area contributed by atoms with Crippen LogP contribution in [0.3, 0.4) is 0 Å². The molecule has 1 aliphatic heterocycles. The Morgan fingerprint density at radius 2 is 1.71 bits per heavy atom. The Bertz CT molecular complexity index is 598. The van der Waals surface area contributed by atoms with E-state index in [1.165, 1.54) is 0 Å². The van der Waals surface area contributed by atoms with Crippen molar-refractivity contribution in [3.05, 3.63) is 24.3 Å². The Balaban J connectivity index is 1.67. The molecule has 1 aliphatic carbocycles. The predicted octanol–water partition coefficient (Wildman–Crippen LogP) is 2.63.